The van der Waals surface area contributed by atoms with Gasteiger partial charge in [-0.2, -0.15) is 0 Å². The van der Waals surface area contributed by atoms with E-state index in [0.29, 0.717) is 6.04 Å². The van der Waals surface area contributed by atoms with Crippen LogP contribution in [0.15, 0.2) is 29.5 Å². The van der Waals surface area contributed by atoms with E-state index in [4.69, 9.17) is 0 Å². The Balaban J connectivity index is 0. The molecule has 92 valence electrons. The molecule has 0 aliphatic rings. The highest BCUT2D eigenvalue weighted by molar-refractivity contribution is 5.79. The normalized spacial score (nSPS) is 11.6. The van der Waals surface area contributed by atoms with Crippen LogP contribution in [0.1, 0.15) is 12.0 Å². The van der Waals surface area contributed by atoms with Gasteiger partial charge in [-0.1, -0.05) is 0 Å². The Morgan fingerprint density at radius 3 is 2.50 bits per heavy atom. The van der Waals surface area contributed by atoms with E-state index in [9.17, 15) is 0 Å². The van der Waals surface area contributed by atoms with Gasteiger partial charge in [0.15, 0.2) is 0 Å². The van der Waals surface area contributed by atoms with Gasteiger partial charge in [-0.3, -0.25) is 9.98 Å². The predicted octanol–water partition coefficient (Wildman–Crippen LogP) is -7.25. The van der Waals surface area contributed by atoms with Crippen molar-refractivity contribution in [2.45, 2.75) is 12.5 Å². The molecule has 1 rings (SSSR count). The van der Waals surface area contributed by atoms with Gasteiger partial charge in [-0.25, -0.2) is 0 Å². The quantitative estimate of drug-likeness (QED) is 0.507. The van der Waals surface area contributed by atoms with Crippen LogP contribution < -0.4 is 45.4 Å². The molecule has 0 amide bonds. The van der Waals surface area contributed by atoms with Crippen LogP contribution in [0.3, 0.4) is 0 Å². The van der Waals surface area contributed by atoms with E-state index < -0.39 is 0 Å². The first-order chi connectivity index (χ1) is 6.83. The third kappa shape index (κ3) is 7.92. The Morgan fingerprint density at radius 2 is 1.94 bits per heavy atom. The first kappa shape index (κ1) is 18.1. The van der Waals surface area contributed by atoms with E-state index in [0.717, 1.165) is 25.1 Å². The molecule has 1 aromatic rings. The zero-order valence-corrected chi connectivity index (χ0v) is 12.3. The Labute approximate surface area is 117 Å². The van der Waals surface area contributed by atoms with Gasteiger partial charge < -0.3 is 45.4 Å². The molecule has 0 spiro atoms. The van der Waals surface area contributed by atoms with E-state index in [1.54, 1.807) is 12.4 Å². The van der Waals surface area contributed by atoms with Gasteiger partial charge in [0.1, 0.15) is 12.6 Å². The second-order valence-electron chi connectivity index (χ2n) is 3.26. The molecule has 6 N–H and O–H groups in total. The first-order valence-electron chi connectivity index (χ1n) is 4.85. The Hall–Kier alpha value is -0.300. The maximum absolute atomic E-state index is 4.31. The van der Waals surface area contributed by atoms with Crippen molar-refractivity contribution >= 4 is 6.21 Å². The van der Waals surface area contributed by atoms with Gasteiger partial charge in [-0.05, 0) is 17.7 Å². The number of nitrogens with zero attached hydrogens (tertiary/aromatic N) is 2. The molecule has 0 aliphatic heterocycles. The van der Waals surface area contributed by atoms with Crippen molar-refractivity contribution in [3.05, 3.63) is 30.1 Å². The minimum Gasteiger partial charge on any atom is -1.00 e. The van der Waals surface area contributed by atoms with Crippen molar-refractivity contribution < 1.29 is 45.4 Å². The second-order valence-corrected chi connectivity index (χ2v) is 3.26. The molecule has 1 atom stereocenters. The zero-order chi connectivity index (χ0) is 10.2. The summed E-state index contributed by atoms with van der Waals surface area (Å²) in [5.41, 5.74) is 8.85. The van der Waals surface area contributed by atoms with Crippen LogP contribution in [0.2, 0.25) is 0 Å². The molecular weight excluding hydrogens is 336 g/mol. The molecule has 16 heavy (non-hydrogen) atoms. The van der Waals surface area contributed by atoms with Gasteiger partial charge >= 0.3 is 0 Å². The van der Waals surface area contributed by atoms with Crippen molar-refractivity contribution in [3.63, 3.8) is 0 Å². The van der Waals surface area contributed by atoms with Crippen LogP contribution in [-0.2, 0) is 0 Å². The highest BCUT2D eigenvalue weighted by Crippen LogP contribution is 1.92. The van der Waals surface area contributed by atoms with Crippen molar-refractivity contribution in [2.75, 3.05) is 13.1 Å². The van der Waals surface area contributed by atoms with Gasteiger partial charge in [0.05, 0.1) is 0 Å². The maximum Gasteiger partial charge on any atom is 0.136 e. The summed E-state index contributed by atoms with van der Waals surface area (Å²) in [6, 6.07) is 4.30. The van der Waals surface area contributed by atoms with E-state index >= 15 is 0 Å². The number of hydrogen-bond donors (Lipinski definition) is 2. The lowest BCUT2D eigenvalue weighted by molar-refractivity contribution is -0.493. The van der Waals surface area contributed by atoms with Crippen molar-refractivity contribution in [2.24, 2.45) is 4.99 Å². The average Bonchev–Trinajstić information content (AvgIpc) is 2.25. The number of pyridine rings is 1. The fourth-order valence-electron chi connectivity index (χ4n) is 1.02. The third-order valence-electron chi connectivity index (χ3n) is 2.02. The summed E-state index contributed by atoms with van der Waals surface area (Å²) in [4.78, 5) is 8.24. The lowest BCUT2D eigenvalue weighted by atomic mass is 10.2. The summed E-state index contributed by atoms with van der Waals surface area (Å²) >= 11 is 0. The van der Waals surface area contributed by atoms with Crippen molar-refractivity contribution in [3.8, 4) is 0 Å². The highest BCUT2D eigenvalue weighted by Gasteiger charge is 2.02. The van der Waals surface area contributed by atoms with Crippen LogP contribution in [-0.4, -0.2) is 30.3 Å². The lowest BCUT2D eigenvalue weighted by Gasteiger charge is -1.99. The fourth-order valence-corrected chi connectivity index (χ4v) is 1.02. The maximum atomic E-state index is 4.31. The van der Waals surface area contributed by atoms with Crippen LogP contribution >= 0.6 is 0 Å². The monoisotopic (exact) mass is 352 g/mol. The van der Waals surface area contributed by atoms with Crippen molar-refractivity contribution in [1.82, 2.24) is 4.98 Å². The molecule has 0 bridgehead atoms. The van der Waals surface area contributed by atoms with Gasteiger partial charge in [-0.15, -0.1) is 0 Å². The standard InChI is InChI=1S/C10H16N4.2BrH/c11-7-10(12)3-6-14-8-9-1-4-13-5-2-9;;/h1-2,4-5,8,10H,3,6-7,11-12H2;2*1H. The number of hydrogen-bond acceptors (Lipinski definition) is 2. The van der Waals surface area contributed by atoms with E-state index in [1.165, 1.54) is 0 Å². The fraction of sp³-hybridized carbons (Fsp3) is 0.400. The van der Waals surface area contributed by atoms with Gasteiger partial charge in [0.25, 0.3) is 0 Å². The Kier molecular flexibility index (Phi) is 12.6. The molecule has 1 unspecified atom stereocenters. The number of rotatable bonds is 5. The smallest absolute Gasteiger partial charge is 0.136 e. The van der Waals surface area contributed by atoms with Crippen LogP contribution in [0.4, 0.5) is 0 Å². The molecule has 0 aliphatic carbocycles. The van der Waals surface area contributed by atoms with E-state index in [2.05, 4.69) is 21.4 Å². The number of aliphatic imine (C=N–C) groups is 1. The first-order valence-corrected chi connectivity index (χ1v) is 4.85. The minimum absolute atomic E-state index is 0. The molecule has 0 saturated carbocycles. The predicted molar refractivity (Wildman–Crippen MR) is 55.7 cm³/mol. The number of quaternary nitrogens is 2. The summed E-state index contributed by atoms with van der Waals surface area (Å²) in [5.74, 6) is 0. The van der Waals surface area contributed by atoms with Crippen LogP contribution in [0.5, 0.6) is 0 Å². The lowest BCUT2D eigenvalue weighted by Crippen LogP contribution is -3.00. The largest absolute Gasteiger partial charge is 1.00 e. The topological polar surface area (TPSA) is 80.5 Å². The number of aromatic nitrogens is 1. The summed E-state index contributed by atoms with van der Waals surface area (Å²) in [5, 5.41) is 0. The Morgan fingerprint density at radius 1 is 1.31 bits per heavy atom. The number of halogens is 2. The molecule has 1 heterocycles. The van der Waals surface area contributed by atoms with E-state index in [-0.39, 0.29) is 34.0 Å². The van der Waals surface area contributed by atoms with Gasteiger partial charge in [0, 0.05) is 31.6 Å². The third-order valence-corrected chi connectivity index (χ3v) is 2.02. The molecule has 1 aromatic heterocycles. The minimum atomic E-state index is 0. The molecule has 0 aromatic carbocycles. The van der Waals surface area contributed by atoms with Crippen LogP contribution in [0, 0.1) is 0 Å². The highest BCUT2D eigenvalue weighted by atomic mass is 79.9. The molecule has 0 fully saturated rings. The Bertz CT molecular complexity index is 279. The van der Waals surface area contributed by atoms with E-state index in [1.807, 2.05) is 18.3 Å². The summed E-state index contributed by atoms with van der Waals surface area (Å²) < 4.78 is 0. The summed E-state index contributed by atoms with van der Waals surface area (Å²) in [6.07, 6.45) is 6.41. The second kappa shape index (κ2) is 11.2. The molecule has 0 radical (unpaired) electrons. The average molecular weight is 354 g/mol. The molecule has 4 nitrogen and oxygen atoms in total. The van der Waals surface area contributed by atoms with Crippen LogP contribution in [0.25, 0.3) is 0 Å². The molecule has 6 heteroatoms. The zero-order valence-electron chi connectivity index (χ0n) is 9.15. The van der Waals surface area contributed by atoms with Gasteiger partial charge in [0.2, 0.25) is 0 Å². The van der Waals surface area contributed by atoms with Crippen molar-refractivity contribution in [1.29, 1.82) is 0 Å². The summed E-state index contributed by atoms with van der Waals surface area (Å²) in [7, 11) is 0. The SMILES string of the molecule is [Br-].[Br-].[NH3+]CC([NH3+])CCN=Cc1ccncc1. The molecular formula is C10H18Br2N4. The summed E-state index contributed by atoms with van der Waals surface area (Å²) in [6.45, 7) is 1.71. The molecule has 0 saturated heterocycles.